The zero-order valence-corrected chi connectivity index (χ0v) is 66.4. The first kappa shape index (κ1) is 72.3. The highest BCUT2D eigenvalue weighted by molar-refractivity contribution is 6.11. The van der Waals surface area contributed by atoms with Gasteiger partial charge in [0.05, 0.1) is 22.1 Å². The maximum absolute atomic E-state index is 2.42. The van der Waals surface area contributed by atoms with Gasteiger partial charge in [0, 0.05) is 135 Å². The number of hydrogen-bond acceptors (Lipinski definition) is 6. The van der Waals surface area contributed by atoms with Gasteiger partial charge in [-0.25, -0.2) is 0 Å². The Morgan fingerprint density at radius 2 is 0.345 bits per heavy atom. The molecule has 0 aliphatic rings. The lowest BCUT2D eigenvalue weighted by Crippen LogP contribution is -2.14. The number of fused-ring (bicyclic) bond motifs is 6. The molecule has 0 fully saturated rings. The van der Waals surface area contributed by atoms with Crippen molar-refractivity contribution in [1.82, 2.24) is 9.13 Å². The zero-order chi connectivity index (χ0) is 79.7. The van der Waals surface area contributed by atoms with E-state index in [1.54, 1.807) is 0 Å². The van der Waals surface area contributed by atoms with Gasteiger partial charge in [-0.2, -0.15) is 0 Å². The third kappa shape index (κ3) is 14.1. The van der Waals surface area contributed by atoms with Crippen molar-refractivity contribution in [1.29, 1.82) is 0 Å². The highest BCUT2D eigenvalue weighted by Gasteiger charge is 2.24. The summed E-state index contributed by atoms with van der Waals surface area (Å²) in [7, 11) is 0. The highest BCUT2D eigenvalue weighted by atomic mass is 15.2. The minimum atomic E-state index is 1.02. The van der Waals surface area contributed by atoms with Gasteiger partial charge in [0.2, 0.25) is 0 Å². The predicted molar refractivity (Wildman–Crippen MR) is 503 cm³/mol. The van der Waals surface area contributed by atoms with Crippen LogP contribution in [0.2, 0.25) is 0 Å². The average molecular weight is 1530 g/mol. The maximum Gasteiger partial charge on any atom is 0.0541 e. The van der Waals surface area contributed by atoms with Gasteiger partial charge in [-0.05, 0) is 322 Å². The van der Waals surface area contributed by atoms with Gasteiger partial charge in [0.1, 0.15) is 0 Å². The molecular weight excluding hydrogens is 1450 g/mol. The number of rotatable bonds is 21. The fourth-order valence-electron chi connectivity index (χ4n) is 17.2. The van der Waals surface area contributed by atoms with Crippen molar-refractivity contribution >= 4 is 146 Å². The number of benzene rings is 18. The molecule has 0 saturated carbocycles. The van der Waals surface area contributed by atoms with E-state index >= 15 is 0 Å². The van der Waals surface area contributed by atoms with E-state index < -0.39 is 0 Å². The molecule has 0 aliphatic heterocycles. The van der Waals surface area contributed by atoms with Gasteiger partial charge in [0.15, 0.2) is 0 Å². The van der Waals surface area contributed by atoms with Crippen molar-refractivity contribution in [3.8, 4) is 22.5 Å². The van der Waals surface area contributed by atoms with Crippen LogP contribution in [0.1, 0.15) is 16.7 Å². The second kappa shape index (κ2) is 31.6. The topological polar surface area (TPSA) is 29.3 Å². The Morgan fingerprint density at radius 1 is 0.143 bits per heavy atom. The van der Waals surface area contributed by atoms with Crippen LogP contribution in [0.25, 0.3) is 66.1 Å². The van der Waals surface area contributed by atoms with Gasteiger partial charge in [-0.3, -0.25) is 0 Å². The molecule has 0 amide bonds. The van der Waals surface area contributed by atoms with Crippen LogP contribution in [0, 0.1) is 20.8 Å². The molecular formula is C111H84N8. The molecule has 0 N–H and O–H groups in total. The van der Waals surface area contributed by atoms with Crippen molar-refractivity contribution < 1.29 is 0 Å². The minimum Gasteiger partial charge on any atom is -0.311 e. The smallest absolute Gasteiger partial charge is 0.0541 e. The van der Waals surface area contributed by atoms with Crippen molar-refractivity contribution in [2.45, 2.75) is 20.8 Å². The number of anilines is 18. The lowest BCUT2D eigenvalue weighted by molar-refractivity contribution is 1.17. The molecule has 0 atom stereocenters. The summed E-state index contributed by atoms with van der Waals surface area (Å²) in [5.41, 5.74) is 31.8. The predicted octanol–water partition coefficient (Wildman–Crippen LogP) is 31.3. The van der Waals surface area contributed by atoms with Crippen LogP contribution in [0.4, 0.5) is 102 Å². The van der Waals surface area contributed by atoms with Gasteiger partial charge < -0.3 is 38.5 Å². The number of hydrogen-bond donors (Lipinski definition) is 0. The third-order valence-corrected chi connectivity index (χ3v) is 22.7. The summed E-state index contributed by atoms with van der Waals surface area (Å²) in [6.45, 7) is 6.47. The molecule has 18 aromatic carbocycles. The van der Waals surface area contributed by atoms with Crippen molar-refractivity contribution in [3.63, 3.8) is 0 Å². The molecule has 0 aliphatic carbocycles. The van der Waals surface area contributed by atoms with E-state index in [-0.39, 0.29) is 0 Å². The van der Waals surface area contributed by atoms with Crippen molar-refractivity contribution in [2.24, 2.45) is 0 Å². The van der Waals surface area contributed by atoms with E-state index in [0.717, 1.165) is 136 Å². The summed E-state index contributed by atoms with van der Waals surface area (Å²) >= 11 is 0. The molecule has 2 heterocycles. The summed E-state index contributed by atoms with van der Waals surface area (Å²) in [5, 5.41) is 4.86. The average Bonchev–Trinajstić information content (AvgIpc) is 1.67. The Bertz CT molecular complexity index is 6750. The molecule has 0 unspecified atom stereocenters. The molecule has 2 aromatic heterocycles. The van der Waals surface area contributed by atoms with Crippen molar-refractivity contribution in [2.75, 3.05) is 29.4 Å². The van der Waals surface area contributed by atoms with Crippen LogP contribution in [-0.2, 0) is 0 Å². The first-order valence-corrected chi connectivity index (χ1v) is 40.7. The molecule has 0 saturated heterocycles. The molecule has 8 nitrogen and oxygen atoms in total. The molecule has 8 heteroatoms. The van der Waals surface area contributed by atoms with Crippen LogP contribution in [0.15, 0.2) is 455 Å². The zero-order valence-electron chi connectivity index (χ0n) is 66.4. The summed E-state index contributed by atoms with van der Waals surface area (Å²) < 4.78 is 4.80. The second-order valence-electron chi connectivity index (χ2n) is 30.5. The van der Waals surface area contributed by atoms with E-state index in [0.29, 0.717) is 0 Å². The summed E-state index contributed by atoms with van der Waals surface area (Å²) in [6.07, 6.45) is 0. The van der Waals surface area contributed by atoms with E-state index in [1.165, 1.54) is 49.3 Å². The van der Waals surface area contributed by atoms with Gasteiger partial charge >= 0.3 is 0 Å². The van der Waals surface area contributed by atoms with E-state index in [2.05, 4.69) is 514 Å². The Morgan fingerprint density at radius 3 is 0.622 bits per heavy atom. The molecule has 0 spiro atoms. The first-order valence-electron chi connectivity index (χ1n) is 40.7. The Kier molecular flexibility index (Phi) is 19.2. The van der Waals surface area contributed by atoms with E-state index in [4.69, 9.17) is 0 Å². The van der Waals surface area contributed by atoms with Crippen LogP contribution in [-0.4, -0.2) is 9.13 Å². The first-order chi connectivity index (χ1) is 58.7. The normalized spacial score (nSPS) is 11.3. The van der Waals surface area contributed by atoms with Crippen LogP contribution in [0.3, 0.4) is 0 Å². The SMILES string of the molecule is Cc1cccc(N(c2ccccc2)c2ccc(N(c3ccc(N(c4ccccc4)c4cccc(C)c4)cc3)c3ccc(N(c4ccc(-c5ccc6c(c5)c5ccccc5n6-c5ccc(N(c6ccc(N(c7ccccc7)c7ccccc7)cc6)c6ccc(-n7c8ccccc8c8ccccc87)cc6)cc5)cc4)c4cccc(C)c4)cc3)cc2)c1. The molecule has 20 rings (SSSR count). The quantitative estimate of drug-likeness (QED) is 0.0712. The number of aryl methyl sites for hydroxylation is 3. The number of nitrogens with zero attached hydrogens (tertiary/aromatic N) is 8. The van der Waals surface area contributed by atoms with Crippen LogP contribution >= 0.6 is 0 Å². The summed E-state index contributed by atoms with van der Waals surface area (Å²) in [6, 6.07) is 165. The third-order valence-electron chi connectivity index (χ3n) is 22.7. The lowest BCUT2D eigenvalue weighted by atomic mass is 10.0. The molecule has 568 valence electrons. The summed E-state index contributed by atoms with van der Waals surface area (Å²) in [5.74, 6) is 0. The fraction of sp³-hybridized carbons (Fsp3) is 0.0270. The molecule has 119 heavy (non-hydrogen) atoms. The minimum absolute atomic E-state index is 1.02. The fourth-order valence-corrected chi connectivity index (χ4v) is 17.2. The lowest BCUT2D eigenvalue weighted by Gasteiger charge is -2.30. The van der Waals surface area contributed by atoms with Gasteiger partial charge in [-0.1, -0.05) is 182 Å². The highest BCUT2D eigenvalue weighted by Crippen LogP contribution is 2.47. The molecule has 0 radical (unpaired) electrons. The van der Waals surface area contributed by atoms with Crippen LogP contribution < -0.4 is 29.4 Å². The van der Waals surface area contributed by atoms with Crippen LogP contribution in [0.5, 0.6) is 0 Å². The second-order valence-corrected chi connectivity index (χ2v) is 30.5. The number of para-hydroxylation sites is 7. The van der Waals surface area contributed by atoms with Crippen molar-refractivity contribution in [3.05, 3.63) is 472 Å². The molecule has 0 bridgehead atoms. The monoisotopic (exact) mass is 1530 g/mol. The summed E-state index contributed by atoms with van der Waals surface area (Å²) in [4.78, 5) is 14.1. The Balaban J connectivity index is 0.627. The van der Waals surface area contributed by atoms with E-state index in [1.807, 2.05) is 0 Å². The van der Waals surface area contributed by atoms with Gasteiger partial charge in [0.25, 0.3) is 0 Å². The maximum atomic E-state index is 2.42. The largest absolute Gasteiger partial charge is 0.311 e. The standard InChI is InChI=1S/C111H84N8/c1-79-25-22-36-101(75-79)115(86-32-12-6-13-33-86)96-60-54-91(55-61-96)113(92-56-62-97(63-57-92)116(87-34-14-7-15-35-87)102-37-23-26-80(2)76-102)93-58-64-98(65-59-93)117(103-38-24-27-81(3)77-103)88-48-45-82(46-49-88)83-47-74-111-107(78-83)106-41-18-21-44-110(106)119(111)100-72-68-95(69-73-100)114(90-52-50-89(51-53-90)112(84-28-8-4-9-29-84)85-30-10-5-11-31-85)94-66-70-99(71-67-94)118-108-42-19-16-39-104(108)105-40-17-20-43-109(105)118/h4-78H,1-3H3. The van der Waals surface area contributed by atoms with Gasteiger partial charge in [-0.15, -0.1) is 0 Å². The number of aromatic nitrogens is 2. The Hall–Kier alpha value is -15.6. The molecule has 20 aromatic rings. The Labute approximate surface area is 695 Å². The van der Waals surface area contributed by atoms with E-state index in [9.17, 15) is 0 Å².